The molecule has 2 aromatic carbocycles. The topological polar surface area (TPSA) is 108 Å². The minimum Gasteiger partial charge on any atom is -0.366 e. The lowest BCUT2D eigenvalue weighted by Gasteiger charge is -2.37. The lowest BCUT2D eigenvalue weighted by Crippen LogP contribution is -2.51. The van der Waals surface area contributed by atoms with Crippen LogP contribution in [0.4, 0.5) is 11.4 Å². The van der Waals surface area contributed by atoms with E-state index in [1.54, 1.807) is 29.2 Å². The fourth-order valence-corrected chi connectivity index (χ4v) is 3.98. The Morgan fingerprint density at radius 2 is 1.72 bits per heavy atom. The molecule has 2 aliphatic rings. The summed E-state index contributed by atoms with van der Waals surface area (Å²) in [5, 5.41) is 2.81. The summed E-state index contributed by atoms with van der Waals surface area (Å²) in [7, 11) is 0. The predicted octanol–water partition coefficient (Wildman–Crippen LogP) is 2.56. The normalized spacial score (nSPS) is 16.5. The van der Waals surface area contributed by atoms with Gasteiger partial charge in [-0.05, 0) is 55.2 Å². The second kappa shape index (κ2) is 9.64. The van der Waals surface area contributed by atoms with Crippen LogP contribution in [0, 0.1) is 6.42 Å². The summed E-state index contributed by atoms with van der Waals surface area (Å²) in [6.07, 6.45) is 4.74. The average molecular weight is 433 g/mol. The van der Waals surface area contributed by atoms with Gasteiger partial charge in [-0.15, -0.1) is 0 Å². The molecule has 4 rings (SSSR count). The SMILES string of the molecule is NC(=O)c1ccccc1[CH]C(=O)Nc1ccc(N2CCCN=C2N2CCCCC2=O)cc1. The Balaban J connectivity index is 1.44. The number of rotatable bonds is 5. The molecule has 0 spiro atoms. The molecule has 2 aliphatic heterocycles. The van der Waals surface area contributed by atoms with E-state index in [1.807, 2.05) is 24.3 Å². The molecule has 8 nitrogen and oxygen atoms in total. The summed E-state index contributed by atoms with van der Waals surface area (Å²) in [5.41, 5.74) is 7.68. The molecule has 8 heteroatoms. The molecule has 0 bridgehead atoms. The molecule has 32 heavy (non-hydrogen) atoms. The van der Waals surface area contributed by atoms with E-state index in [0.29, 0.717) is 42.3 Å². The Labute approximate surface area is 187 Å². The lowest BCUT2D eigenvalue weighted by molar-refractivity contribution is -0.129. The van der Waals surface area contributed by atoms with Crippen molar-refractivity contribution >= 4 is 35.1 Å². The number of nitrogens with two attached hydrogens (primary N) is 1. The van der Waals surface area contributed by atoms with E-state index in [1.165, 1.54) is 6.42 Å². The number of piperidine rings is 1. The number of aliphatic imine (C=N–C) groups is 1. The van der Waals surface area contributed by atoms with Gasteiger partial charge in [0.15, 0.2) is 0 Å². The number of likely N-dealkylation sites (tertiary alicyclic amines) is 1. The van der Waals surface area contributed by atoms with E-state index in [-0.39, 0.29) is 11.8 Å². The summed E-state index contributed by atoms with van der Waals surface area (Å²) in [6, 6.07) is 14.1. The molecule has 1 saturated heterocycles. The van der Waals surface area contributed by atoms with Crippen molar-refractivity contribution in [1.29, 1.82) is 0 Å². The van der Waals surface area contributed by atoms with Crippen molar-refractivity contribution < 1.29 is 14.4 Å². The number of guanidine groups is 1. The molecular weight excluding hydrogens is 406 g/mol. The van der Waals surface area contributed by atoms with Crippen molar-refractivity contribution in [2.75, 3.05) is 29.9 Å². The molecule has 2 heterocycles. The number of nitrogens with zero attached hydrogens (tertiary/aromatic N) is 3. The summed E-state index contributed by atoms with van der Waals surface area (Å²) in [6.45, 7) is 2.20. The smallest absolute Gasteiger partial charge is 0.249 e. The fourth-order valence-electron chi connectivity index (χ4n) is 3.98. The first kappa shape index (κ1) is 21.5. The Morgan fingerprint density at radius 1 is 0.969 bits per heavy atom. The zero-order valence-electron chi connectivity index (χ0n) is 17.8. The summed E-state index contributed by atoms with van der Waals surface area (Å²) in [4.78, 5) is 44.9. The number of benzene rings is 2. The van der Waals surface area contributed by atoms with Gasteiger partial charge in [0.05, 0.1) is 6.42 Å². The van der Waals surface area contributed by atoms with Crippen LogP contribution in [-0.2, 0) is 9.59 Å². The zero-order valence-corrected chi connectivity index (χ0v) is 17.8. The molecule has 165 valence electrons. The summed E-state index contributed by atoms with van der Waals surface area (Å²) in [5.74, 6) is -0.0996. The lowest BCUT2D eigenvalue weighted by atomic mass is 10.0. The maximum Gasteiger partial charge on any atom is 0.249 e. The van der Waals surface area contributed by atoms with Crippen LogP contribution >= 0.6 is 0 Å². The number of primary amides is 1. The highest BCUT2D eigenvalue weighted by molar-refractivity contribution is 6.07. The maximum absolute atomic E-state index is 12.4. The molecule has 0 aromatic heterocycles. The Bertz CT molecular complexity index is 1050. The van der Waals surface area contributed by atoms with Crippen LogP contribution in [0.3, 0.4) is 0 Å². The first-order valence-electron chi connectivity index (χ1n) is 10.8. The molecular formula is C24H26N5O3. The van der Waals surface area contributed by atoms with Crippen molar-refractivity contribution in [2.24, 2.45) is 10.7 Å². The molecule has 0 atom stereocenters. The van der Waals surface area contributed by atoms with Crippen LogP contribution in [0.5, 0.6) is 0 Å². The highest BCUT2D eigenvalue weighted by atomic mass is 16.2. The van der Waals surface area contributed by atoms with Gasteiger partial charge in [0, 0.05) is 43.0 Å². The molecule has 0 saturated carbocycles. The van der Waals surface area contributed by atoms with E-state index in [9.17, 15) is 14.4 Å². The fraction of sp³-hybridized carbons (Fsp3) is 0.292. The number of nitrogens with one attached hydrogen (secondary N) is 1. The molecule has 1 radical (unpaired) electrons. The first-order valence-corrected chi connectivity index (χ1v) is 10.8. The molecule has 2 aromatic rings. The molecule has 0 aliphatic carbocycles. The predicted molar refractivity (Wildman–Crippen MR) is 123 cm³/mol. The molecule has 1 fully saturated rings. The number of carbonyl (C=O) groups excluding carboxylic acids is 3. The van der Waals surface area contributed by atoms with E-state index in [4.69, 9.17) is 5.73 Å². The standard InChI is InChI=1S/C24H26N5O3/c25-23(32)20-7-2-1-6-17(20)16-21(30)27-18-9-11-19(12-10-18)28-15-5-13-26-24(28)29-14-4-3-8-22(29)31/h1-2,6-7,9-12,16H,3-5,8,13-15H2,(H2,25,32)(H,27,30). The maximum atomic E-state index is 12.4. The first-order chi connectivity index (χ1) is 15.5. The van der Waals surface area contributed by atoms with Crippen molar-refractivity contribution in [2.45, 2.75) is 25.7 Å². The third-order valence-corrected chi connectivity index (χ3v) is 5.56. The van der Waals surface area contributed by atoms with Crippen LogP contribution in [-0.4, -0.2) is 48.2 Å². The third kappa shape index (κ3) is 4.80. The van der Waals surface area contributed by atoms with Gasteiger partial charge >= 0.3 is 0 Å². The van der Waals surface area contributed by atoms with Crippen molar-refractivity contribution in [3.8, 4) is 0 Å². The molecule has 0 unspecified atom stereocenters. The highest BCUT2D eigenvalue weighted by Gasteiger charge is 2.29. The van der Waals surface area contributed by atoms with Gasteiger partial charge in [-0.2, -0.15) is 0 Å². The molecule has 3 N–H and O–H groups in total. The van der Waals surface area contributed by atoms with E-state index in [0.717, 1.165) is 31.5 Å². The summed E-state index contributed by atoms with van der Waals surface area (Å²) < 4.78 is 0. The van der Waals surface area contributed by atoms with Crippen LogP contribution in [0.25, 0.3) is 0 Å². The second-order valence-corrected chi connectivity index (χ2v) is 7.82. The van der Waals surface area contributed by atoms with Crippen molar-refractivity contribution in [1.82, 2.24) is 4.90 Å². The second-order valence-electron chi connectivity index (χ2n) is 7.82. The number of hydrogen-bond acceptors (Lipinski definition) is 5. The summed E-state index contributed by atoms with van der Waals surface area (Å²) >= 11 is 0. The van der Waals surface area contributed by atoms with Crippen LogP contribution in [0.2, 0.25) is 0 Å². The van der Waals surface area contributed by atoms with Crippen LogP contribution in [0.1, 0.15) is 41.6 Å². The van der Waals surface area contributed by atoms with Gasteiger partial charge in [0.1, 0.15) is 0 Å². The number of anilines is 2. The zero-order chi connectivity index (χ0) is 22.5. The number of carbonyl (C=O) groups is 3. The minimum atomic E-state index is -0.583. The van der Waals surface area contributed by atoms with Gasteiger partial charge in [-0.3, -0.25) is 24.3 Å². The quantitative estimate of drug-likeness (QED) is 0.757. The number of amides is 3. The third-order valence-electron chi connectivity index (χ3n) is 5.56. The Hall–Kier alpha value is -3.68. The average Bonchev–Trinajstić information content (AvgIpc) is 2.80. The monoisotopic (exact) mass is 432 g/mol. The largest absolute Gasteiger partial charge is 0.366 e. The van der Waals surface area contributed by atoms with Gasteiger partial charge < -0.3 is 16.0 Å². The van der Waals surface area contributed by atoms with E-state index in [2.05, 4.69) is 15.2 Å². The van der Waals surface area contributed by atoms with Gasteiger partial charge in [-0.25, -0.2) is 0 Å². The van der Waals surface area contributed by atoms with Crippen LogP contribution in [0.15, 0.2) is 53.5 Å². The van der Waals surface area contributed by atoms with E-state index >= 15 is 0 Å². The van der Waals surface area contributed by atoms with Crippen molar-refractivity contribution in [3.05, 3.63) is 66.1 Å². The molecule has 3 amide bonds. The Morgan fingerprint density at radius 3 is 2.47 bits per heavy atom. The van der Waals surface area contributed by atoms with Gasteiger partial charge in [0.2, 0.25) is 23.7 Å². The van der Waals surface area contributed by atoms with Crippen molar-refractivity contribution in [3.63, 3.8) is 0 Å². The van der Waals surface area contributed by atoms with Crippen LogP contribution < -0.4 is 16.0 Å². The number of hydrogen-bond donors (Lipinski definition) is 2. The Kier molecular flexibility index (Phi) is 6.49. The van der Waals surface area contributed by atoms with Gasteiger partial charge in [-0.1, -0.05) is 18.2 Å². The highest BCUT2D eigenvalue weighted by Crippen LogP contribution is 2.24. The van der Waals surface area contributed by atoms with E-state index < -0.39 is 5.91 Å². The van der Waals surface area contributed by atoms with Gasteiger partial charge in [0.25, 0.3) is 0 Å². The minimum absolute atomic E-state index is 0.123.